The van der Waals surface area contributed by atoms with Gasteiger partial charge in [0.2, 0.25) is 0 Å². The number of benzene rings is 1. The Balaban J connectivity index is 1.72. The molecule has 1 heterocycles. The average Bonchev–Trinajstić information content (AvgIpc) is 2.85. The molecule has 1 aromatic carbocycles. The van der Waals surface area contributed by atoms with Gasteiger partial charge in [0.15, 0.2) is 11.6 Å². The van der Waals surface area contributed by atoms with Crippen LogP contribution in [-0.2, 0) is 4.74 Å². The highest BCUT2D eigenvalue weighted by atomic mass is 19.2. The molecule has 0 radical (unpaired) electrons. The third-order valence-corrected chi connectivity index (χ3v) is 4.97. The summed E-state index contributed by atoms with van der Waals surface area (Å²) in [6.45, 7) is 7.23. The Labute approximate surface area is 118 Å². The highest BCUT2D eigenvalue weighted by molar-refractivity contribution is 5.22. The summed E-state index contributed by atoms with van der Waals surface area (Å²) in [5, 5.41) is 3.57. The van der Waals surface area contributed by atoms with Crippen LogP contribution in [0.1, 0.15) is 38.8 Å². The molecule has 0 spiro atoms. The molecule has 1 saturated heterocycles. The minimum atomic E-state index is -0.797. The summed E-state index contributed by atoms with van der Waals surface area (Å²) in [7, 11) is 0. The second-order valence-corrected chi connectivity index (χ2v) is 6.60. The van der Waals surface area contributed by atoms with Gasteiger partial charge in [-0.25, -0.2) is 8.78 Å². The fraction of sp³-hybridized carbons (Fsp3) is 0.625. The normalized spacial score (nSPS) is 32.5. The minimum absolute atomic E-state index is 0.00377. The second-order valence-electron chi connectivity index (χ2n) is 6.60. The minimum Gasteiger partial charge on any atom is -0.377 e. The van der Waals surface area contributed by atoms with Crippen molar-refractivity contribution in [3.05, 3.63) is 35.4 Å². The zero-order valence-corrected chi connectivity index (χ0v) is 12.1. The largest absolute Gasteiger partial charge is 0.377 e. The summed E-state index contributed by atoms with van der Waals surface area (Å²) in [5.74, 6) is -1.04. The van der Waals surface area contributed by atoms with Crippen LogP contribution in [0, 0.1) is 23.0 Å². The van der Waals surface area contributed by atoms with Gasteiger partial charge in [0.1, 0.15) is 0 Å². The van der Waals surface area contributed by atoms with Crippen molar-refractivity contribution in [2.75, 3.05) is 6.61 Å². The Morgan fingerprint density at radius 2 is 2.05 bits per heavy atom. The zero-order valence-electron chi connectivity index (χ0n) is 12.1. The van der Waals surface area contributed by atoms with Crippen LogP contribution in [0.4, 0.5) is 8.78 Å². The van der Waals surface area contributed by atoms with Crippen LogP contribution in [0.2, 0.25) is 0 Å². The lowest BCUT2D eigenvalue weighted by atomic mass is 9.57. The fourth-order valence-electron chi connectivity index (χ4n) is 3.81. The maximum atomic E-state index is 13.3. The van der Waals surface area contributed by atoms with Gasteiger partial charge in [0.05, 0.1) is 6.10 Å². The van der Waals surface area contributed by atoms with Crippen LogP contribution in [-0.4, -0.2) is 18.8 Å². The average molecular weight is 281 g/mol. The summed E-state index contributed by atoms with van der Waals surface area (Å²) in [4.78, 5) is 0. The molecule has 1 saturated carbocycles. The summed E-state index contributed by atoms with van der Waals surface area (Å²) >= 11 is 0. The van der Waals surface area contributed by atoms with E-state index in [-0.39, 0.29) is 11.5 Å². The van der Waals surface area contributed by atoms with Crippen LogP contribution in [0.15, 0.2) is 18.2 Å². The number of fused-ring (bicyclic) bond motifs is 1. The molecule has 1 aliphatic heterocycles. The Morgan fingerprint density at radius 1 is 1.30 bits per heavy atom. The first-order valence-electron chi connectivity index (χ1n) is 7.24. The zero-order chi connectivity index (χ0) is 14.5. The number of rotatable bonds is 3. The Bertz CT molecular complexity index is 517. The Morgan fingerprint density at radius 3 is 2.75 bits per heavy atom. The van der Waals surface area contributed by atoms with Gasteiger partial charge in [0.25, 0.3) is 0 Å². The quantitative estimate of drug-likeness (QED) is 0.916. The van der Waals surface area contributed by atoms with E-state index in [0.29, 0.717) is 18.1 Å². The van der Waals surface area contributed by atoms with E-state index >= 15 is 0 Å². The standard InChI is InChI=1S/C16H21F2NO/c1-9(10-4-5-12(17)13(18)8-10)19-14-11-6-7-20-15(11)16(14,2)3/h4-5,8-9,11,14-15,19H,6-7H2,1-3H3. The predicted octanol–water partition coefficient (Wildman–Crippen LogP) is 3.43. The van der Waals surface area contributed by atoms with Crippen LogP contribution >= 0.6 is 0 Å². The monoisotopic (exact) mass is 281 g/mol. The van der Waals surface area contributed by atoms with Crippen LogP contribution < -0.4 is 5.32 Å². The van der Waals surface area contributed by atoms with E-state index < -0.39 is 11.6 Å². The second kappa shape index (κ2) is 4.78. The van der Waals surface area contributed by atoms with E-state index in [0.717, 1.165) is 18.6 Å². The number of hydrogen-bond donors (Lipinski definition) is 1. The van der Waals surface area contributed by atoms with Crippen LogP contribution in [0.3, 0.4) is 0 Å². The molecule has 4 heteroatoms. The van der Waals surface area contributed by atoms with E-state index in [9.17, 15) is 8.78 Å². The highest BCUT2D eigenvalue weighted by Gasteiger charge is 2.59. The number of ether oxygens (including phenoxy) is 1. The molecule has 0 amide bonds. The molecule has 0 bridgehead atoms. The van der Waals surface area contributed by atoms with Gasteiger partial charge in [-0.1, -0.05) is 19.9 Å². The van der Waals surface area contributed by atoms with Gasteiger partial charge < -0.3 is 10.1 Å². The predicted molar refractivity (Wildman–Crippen MR) is 73.3 cm³/mol. The summed E-state index contributed by atoms with van der Waals surface area (Å²) in [6, 6.07) is 4.47. The summed E-state index contributed by atoms with van der Waals surface area (Å²) in [6.07, 6.45) is 1.41. The highest BCUT2D eigenvalue weighted by Crippen LogP contribution is 2.52. The van der Waals surface area contributed by atoms with E-state index in [1.165, 1.54) is 12.1 Å². The van der Waals surface area contributed by atoms with E-state index in [2.05, 4.69) is 19.2 Å². The smallest absolute Gasteiger partial charge is 0.159 e. The molecule has 0 aromatic heterocycles. The van der Waals surface area contributed by atoms with E-state index in [1.54, 1.807) is 6.07 Å². The first kappa shape index (κ1) is 14.0. The van der Waals surface area contributed by atoms with Crippen molar-refractivity contribution in [3.63, 3.8) is 0 Å². The van der Waals surface area contributed by atoms with Gasteiger partial charge in [-0.3, -0.25) is 0 Å². The Kier molecular flexibility index (Phi) is 3.33. The topological polar surface area (TPSA) is 21.3 Å². The fourth-order valence-corrected chi connectivity index (χ4v) is 3.81. The molecule has 2 aliphatic rings. The first-order valence-corrected chi connectivity index (χ1v) is 7.24. The molecular formula is C16H21F2NO. The number of hydrogen-bond acceptors (Lipinski definition) is 2. The molecule has 2 nitrogen and oxygen atoms in total. The molecule has 2 fully saturated rings. The van der Waals surface area contributed by atoms with Crippen molar-refractivity contribution in [1.29, 1.82) is 0 Å². The van der Waals surface area contributed by atoms with E-state index in [1.807, 2.05) is 6.92 Å². The molecule has 3 rings (SSSR count). The molecule has 1 N–H and O–H groups in total. The third-order valence-electron chi connectivity index (χ3n) is 4.97. The van der Waals surface area contributed by atoms with Crippen LogP contribution in [0.5, 0.6) is 0 Å². The van der Waals surface area contributed by atoms with Crippen molar-refractivity contribution in [2.24, 2.45) is 11.3 Å². The molecule has 4 unspecified atom stereocenters. The van der Waals surface area contributed by atoms with Crippen molar-refractivity contribution >= 4 is 0 Å². The molecule has 4 atom stereocenters. The summed E-state index contributed by atoms with van der Waals surface area (Å²) in [5.41, 5.74) is 0.871. The lowest BCUT2D eigenvalue weighted by Crippen LogP contribution is -2.66. The van der Waals surface area contributed by atoms with Crippen molar-refractivity contribution in [2.45, 2.75) is 45.4 Å². The van der Waals surface area contributed by atoms with Gasteiger partial charge in [0, 0.05) is 30.0 Å². The summed E-state index contributed by atoms with van der Waals surface area (Å²) < 4.78 is 32.1. The number of halogens is 2. The first-order chi connectivity index (χ1) is 9.41. The van der Waals surface area contributed by atoms with Gasteiger partial charge in [-0.2, -0.15) is 0 Å². The Hall–Kier alpha value is -1.00. The molecular weight excluding hydrogens is 260 g/mol. The van der Waals surface area contributed by atoms with Gasteiger partial charge in [-0.15, -0.1) is 0 Å². The maximum Gasteiger partial charge on any atom is 0.159 e. The lowest BCUT2D eigenvalue weighted by molar-refractivity contribution is -0.115. The van der Waals surface area contributed by atoms with Gasteiger partial charge >= 0.3 is 0 Å². The van der Waals surface area contributed by atoms with Crippen molar-refractivity contribution < 1.29 is 13.5 Å². The molecule has 20 heavy (non-hydrogen) atoms. The van der Waals surface area contributed by atoms with Gasteiger partial charge in [-0.05, 0) is 31.0 Å². The molecule has 110 valence electrons. The van der Waals surface area contributed by atoms with Crippen molar-refractivity contribution in [1.82, 2.24) is 5.32 Å². The van der Waals surface area contributed by atoms with Crippen LogP contribution in [0.25, 0.3) is 0 Å². The molecule has 1 aliphatic carbocycles. The SMILES string of the molecule is CC(NC1C2CCOC2C1(C)C)c1ccc(F)c(F)c1. The maximum absolute atomic E-state index is 13.3. The van der Waals surface area contributed by atoms with E-state index in [4.69, 9.17) is 4.74 Å². The molecule has 1 aromatic rings. The number of nitrogens with one attached hydrogen (secondary N) is 1. The lowest BCUT2D eigenvalue weighted by Gasteiger charge is -2.55. The van der Waals surface area contributed by atoms with Crippen molar-refractivity contribution in [3.8, 4) is 0 Å². The third kappa shape index (κ3) is 2.06.